The summed E-state index contributed by atoms with van der Waals surface area (Å²) in [6.07, 6.45) is 2.93. The van der Waals surface area contributed by atoms with Crippen LogP contribution in [-0.2, 0) is 10.0 Å². The van der Waals surface area contributed by atoms with Gasteiger partial charge in [-0.3, -0.25) is 10.1 Å². The first-order valence-electron chi connectivity index (χ1n) is 6.88. The molecular weight excluding hydrogens is 294 g/mol. The third-order valence-corrected chi connectivity index (χ3v) is 5.23. The van der Waals surface area contributed by atoms with Crippen LogP contribution in [0.5, 0.6) is 0 Å². The third kappa shape index (κ3) is 3.99. The van der Waals surface area contributed by atoms with Crippen molar-refractivity contribution in [2.24, 2.45) is 0 Å². The van der Waals surface area contributed by atoms with Gasteiger partial charge >= 0.3 is 0 Å². The maximum absolute atomic E-state index is 12.2. The maximum Gasteiger partial charge on any atom is 0.269 e. The molecule has 1 heterocycles. The Kier molecular flexibility index (Phi) is 4.92. The van der Waals surface area contributed by atoms with Crippen LogP contribution >= 0.6 is 0 Å². The number of non-ortho nitro benzene ring substituents is 1. The molecule has 1 fully saturated rings. The minimum atomic E-state index is -3.63. The van der Waals surface area contributed by atoms with Gasteiger partial charge in [-0.2, -0.15) is 0 Å². The predicted molar refractivity (Wildman–Crippen MR) is 78.7 cm³/mol. The van der Waals surface area contributed by atoms with Crippen LogP contribution in [0.1, 0.15) is 24.8 Å². The lowest BCUT2D eigenvalue weighted by atomic mass is 10.2. The van der Waals surface area contributed by atoms with E-state index in [1.54, 1.807) is 6.92 Å². The van der Waals surface area contributed by atoms with Crippen LogP contribution in [0.4, 0.5) is 5.69 Å². The minimum absolute atomic E-state index is 0.0903. The van der Waals surface area contributed by atoms with Gasteiger partial charge in [0.25, 0.3) is 5.69 Å². The lowest BCUT2D eigenvalue weighted by molar-refractivity contribution is -0.385. The normalized spacial score (nSPS) is 18.8. The first-order chi connectivity index (χ1) is 9.90. The Morgan fingerprint density at radius 2 is 2.24 bits per heavy atom. The standard InChI is InChI=1S/C13H19N3O4S/c1-10-9-12(16(17)18)4-5-13(10)21(19,20)15-8-6-11-3-2-7-14-11/h4-5,9,11,14-15H,2-3,6-8H2,1H3. The predicted octanol–water partition coefficient (Wildman–Crippen LogP) is 1.32. The molecule has 1 atom stereocenters. The van der Waals surface area contributed by atoms with Gasteiger partial charge in [-0.15, -0.1) is 0 Å². The number of hydrogen-bond donors (Lipinski definition) is 2. The second-order valence-corrected chi connectivity index (χ2v) is 6.92. The molecule has 0 bridgehead atoms. The Labute approximate surface area is 123 Å². The molecule has 0 radical (unpaired) electrons. The molecule has 8 heteroatoms. The summed E-state index contributed by atoms with van der Waals surface area (Å²) in [7, 11) is -3.63. The molecule has 0 aromatic heterocycles. The SMILES string of the molecule is Cc1cc([N+](=O)[O-])ccc1S(=O)(=O)NCCC1CCCN1. The van der Waals surface area contributed by atoms with Gasteiger partial charge in [0.1, 0.15) is 0 Å². The van der Waals surface area contributed by atoms with Crippen LogP contribution in [-0.4, -0.2) is 32.5 Å². The highest BCUT2D eigenvalue weighted by atomic mass is 32.2. The first kappa shape index (κ1) is 15.9. The Hall–Kier alpha value is -1.51. The fourth-order valence-electron chi connectivity index (χ4n) is 2.50. The van der Waals surface area contributed by atoms with E-state index in [4.69, 9.17) is 0 Å². The van der Waals surface area contributed by atoms with Crippen molar-refractivity contribution < 1.29 is 13.3 Å². The highest BCUT2D eigenvalue weighted by Crippen LogP contribution is 2.21. The second kappa shape index (κ2) is 6.50. The average Bonchev–Trinajstić information content (AvgIpc) is 2.91. The zero-order valence-corrected chi connectivity index (χ0v) is 12.6. The quantitative estimate of drug-likeness (QED) is 0.609. The molecule has 2 rings (SSSR count). The van der Waals surface area contributed by atoms with Gasteiger partial charge in [-0.05, 0) is 44.4 Å². The number of rotatable bonds is 6. The van der Waals surface area contributed by atoms with E-state index < -0.39 is 14.9 Å². The number of hydrogen-bond acceptors (Lipinski definition) is 5. The van der Waals surface area contributed by atoms with Gasteiger partial charge in [-0.1, -0.05) is 0 Å². The van der Waals surface area contributed by atoms with Crippen molar-refractivity contribution in [3.63, 3.8) is 0 Å². The number of sulfonamides is 1. The number of benzene rings is 1. The number of nitrogens with zero attached hydrogens (tertiary/aromatic N) is 1. The number of nitro groups is 1. The second-order valence-electron chi connectivity index (χ2n) is 5.19. The molecule has 1 aromatic rings. The van der Waals surface area contributed by atoms with Gasteiger partial charge in [-0.25, -0.2) is 13.1 Å². The van der Waals surface area contributed by atoms with Crippen LogP contribution in [0.2, 0.25) is 0 Å². The lowest BCUT2D eigenvalue weighted by Gasteiger charge is -2.12. The molecule has 0 spiro atoms. The van der Waals surface area contributed by atoms with E-state index in [0.29, 0.717) is 18.2 Å². The molecule has 116 valence electrons. The largest absolute Gasteiger partial charge is 0.314 e. The van der Waals surface area contributed by atoms with E-state index in [2.05, 4.69) is 10.0 Å². The Balaban J connectivity index is 2.03. The number of nitrogens with one attached hydrogen (secondary N) is 2. The summed E-state index contributed by atoms with van der Waals surface area (Å²) in [6, 6.07) is 4.13. The van der Waals surface area contributed by atoms with E-state index in [-0.39, 0.29) is 10.6 Å². The van der Waals surface area contributed by atoms with Crippen molar-refractivity contribution in [1.29, 1.82) is 0 Å². The van der Waals surface area contributed by atoms with Crippen LogP contribution in [0, 0.1) is 17.0 Å². The molecule has 0 amide bonds. The van der Waals surface area contributed by atoms with E-state index in [9.17, 15) is 18.5 Å². The van der Waals surface area contributed by atoms with Gasteiger partial charge in [0, 0.05) is 24.7 Å². The average molecular weight is 313 g/mol. The van der Waals surface area contributed by atoms with Gasteiger partial charge < -0.3 is 5.32 Å². The Morgan fingerprint density at radius 3 is 2.81 bits per heavy atom. The molecule has 7 nitrogen and oxygen atoms in total. The fraction of sp³-hybridized carbons (Fsp3) is 0.538. The van der Waals surface area contributed by atoms with Crippen LogP contribution in [0.15, 0.2) is 23.1 Å². The van der Waals surface area contributed by atoms with Crippen molar-refractivity contribution in [1.82, 2.24) is 10.0 Å². The molecular formula is C13H19N3O4S. The zero-order valence-electron chi connectivity index (χ0n) is 11.8. The molecule has 21 heavy (non-hydrogen) atoms. The van der Waals surface area contributed by atoms with Gasteiger partial charge in [0.05, 0.1) is 9.82 Å². The monoisotopic (exact) mass is 313 g/mol. The summed E-state index contributed by atoms with van der Waals surface area (Å²) in [5, 5.41) is 14.0. The van der Waals surface area contributed by atoms with Crippen molar-refractivity contribution in [3.8, 4) is 0 Å². The van der Waals surface area contributed by atoms with Crippen molar-refractivity contribution in [2.75, 3.05) is 13.1 Å². The summed E-state index contributed by atoms with van der Waals surface area (Å²) in [4.78, 5) is 10.2. The smallest absolute Gasteiger partial charge is 0.269 e. The summed E-state index contributed by atoms with van der Waals surface area (Å²) in [5.41, 5.74) is 0.261. The van der Waals surface area contributed by atoms with Crippen LogP contribution in [0.3, 0.4) is 0 Å². The highest BCUT2D eigenvalue weighted by molar-refractivity contribution is 7.89. The Bertz CT molecular complexity index is 624. The topological polar surface area (TPSA) is 101 Å². The first-order valence-corrected chi connectivity index (χ1v) is 8.36. The van der Waals surface area contributed by atoms with Crippen LogP contribution in [0.25, 0.3) is 0 Å². The van der Waals surface area contributed by atoms with Gasteiger partial charge in [0.15, 0.2) is 0 Å². The molecule has 1 aliphatic heterocycles. The minimum Gasteiger partial charge on any atom is -0.314 e. The fourth-order valence-corrected chi connectivity index (χ4v) is 3.77. The maximum atomic E-state index is 12.2. The molecule has 0 aliphatic carbocycles. The summed E-state index contributed by atoms with van der Waals surface area (Å²) in [5.74, 6) is 0. The van der Waals surface area contributed by atoms with Gasteiger partial charge in [0.2, 0.25) is 10.0 Å². The van der Waals surface area contributed by atoms with E-state index in [0.717, 1.165) is 25.8 Å². The van der Waals surface area contributed by atoms with E-state index >= 15 is 0 Å². The van der Waals surface area contributed by atoms with Crippen LogP contribution < -0.4 is 10.0 Å². The van der Waals surface area contributed by atoms with Crippen molar-refractivity contribution in [3.05, 3.63) is 33.9 Å². The summed E-state index contributed by atoms with van der Waals surface area (Å²) < 4.78 is 27.0. The van der Waals surface area contributed by atoms with E-state index in [1.807, 2.05) is 0 Å². The molecule has 1 saturated heterocycles. The third-order valence-electron chi connectivity index (χ3n) is 3.61. The highest BCUT2D eigenvalue weighted by Gasteiger charge is 2.20. The summed E-state index contributed by atoms with van der Waals surface area (Å²) in [6.45, 7) is 2.90. The summed E-state index contributed by atoms with van der Waals surface area (Å²) >= 11 is 0. The molecule has 0 saturated carbocycles. The lowest BCUT2D eigenvalue weighted by Crippen LogP contribution is -2.31. The molecule has 1 aromatic carbocycles. The number of nitro benzene ring substituents is 1. The van der Waals surface area contributed by atoms with Crippen molar-refractivity contribution >= 4 is 15.7 Å². The zero-order chi connectivity index (χ0) is 15.5. The molecule has 1 aliphatic rings. The Morgan fingerprint density at radius 1 is 1.48 bits per heavy atom. The molecule has 2 N–H and O–H groups in total. The van der Waals surface area contributed by atoms with Crippen molar-refractivity contribution in [2.45, 2.75) is 37.1 Å². The number of aryl methyl sites for hydroxylation is 1. The van der Waals surface area contributed by atoms with E-state index in [1.165, 1.54) is 18.2 Å². The molecule has 1 unspecified atom stereocenters.